The zero-order valence-electron chi connectivity index (χ0n) is 14.5. The molecule has 0 spiro atoms. The lowest BCUT2D eigenvalue weighted by atomic mass is 9.89. The third-order valence-electron chi connectivity index (χ3n) is 6.40. The molecule has 1 aromatic rings. The molecule has 0 amide bonds. The fraction of sp³-hybridized carbons (Fsp3) is 0.700. The summed E-state index contributed by atoms with van der Waals surface area (Å²) in [5.41, 5.74) is 1.19. The van der Waals surface area contributed by atoms with Crippen molar-refractivity contribution in [2.75, 3.05) is 18.0 Å². The molecule has 2 saturated heterocycles. The molecule has 0 aromatic heterocycles. The molecule has 3 heteroatoms. The van der Waals surface area contributed by atoms with Gasteiger partial charge in [0.15, 0.2) is 0 Å². The molecule has 1 aromatic carbocycles. The standard InChI is InChI=1S/C20H29FN2/c1-20(2)13-15-14-22(17-7-3-4-8-17)11-10-19(15)23(20)18-9-5-6-16(21)12-18/h5-6,9,12,15,17,19H,3-4,7-8,10-11,13-14H2,1-2H3/t15-,19+/m1/s1. The van der Waals surface area contributed by atoms with Gasteiger partial charge < -0.3 is 4.90 Å². The van der Waals surface area contributed by atoms with Crippen molar-refractivity contribution in [1.29, 1.82) is 0 Å². The molecule has 0 radical (unpaired) electrons. The van der Waals surface area contributed by atoms with Crippen molar-refractivity contribution < 1.29 is 4.39 Å². The third-order valence-corrected chi connectivity index (χ3v) is 6.40. The summed E-state index contributed by atoms with van der Waals surface area (Å²) in [5, 5.41) is 0. The molecule has 1 aliphatic carbocycles. The van der Waals surface area contributed by atoms with Crippen molar-refractivity contribution in [3.8, 4) is 0 Å². The number of likely N-dealkylation sites (tertiary alicyclic amines) is 1. The summed E-state index contributed by atoms with van der Waals surface area (Å²) in [5.74, 6) is 0.604. The van der Waals surface area contributed by atoms with Crippen LogP contribution in [0.3, 0.4) is 0 Å². The van der Waals surface area contributed by atoms with E-state index in [0.29, 0.717) is 6.04 Å². The molecule has 2 nitrogen and oxygen atoms in total. The van der Waals surface area contributed by atoms with E-state index >= 15 is 0 Å². The Balaban J connectivity index is 1.56. The van der Waals surface area contributed by atoms with Gasteiger partial charge in [0, 0.05) is 36.4 Å². The SMILES string of the molecule is CC1(C)C[C@@H]2CN(C3CCCC3)CC[C@@H]2N1c1cccc(F)c1. The molecule has 2 aliphatic heterocycles. The fourth-order valence-electron chi connectivity index (χ4n) is 5.55. The Morgan fingerprint density at radius 3 is 2.65 bits per heavy atom. The van der Waals surface area contributed by atoms with Gasteiger partial charge in [0.25, 0.3) is 0 Å². The summed E-state index contributed by atoms with van der Waals surface area (Å²) in [7, 11) is 0. The minimum absolute atomic E-state index is 0.120. The maximum absolute atomic E-state index is 13.7. The van der Waals surface area contributed by atoms with Crippen LogP contribution in [0.1, 0.15) is 52.4 Å². The summed E-state index contributed by atoms with van der Waals surface area (Å²) in [6, 6.07) is 8.60. The van der Waals surface area contributed by atoms with E-state index in [4.69, 9.17) is 0 Å². The van der Waals surface area contributed by atoms with E-state index in [1.54, 1.807) is 12.1 Å². The second-order valence-corrected chi connectivity index (χ2v) is 8.42. The van der Waals surface area contributed by atoms with E-state index in [1.807, 2.05) is 6.07 Å². The quantitative estimate of drug-likeness (QED) is 0.795. The molecule has 0 bridgehead atoms. The van der Waals surface area contributed by atoms with Crippen LogP contribution in [0.4, 0.5) is 10.1 Å². The van der Waals surface area contributed by atoms with Gasteiger partial charge in [0.1, 0.15) is 5.82 Å². The number of hydrogen-bond acceptors (Lipinski definition) is 2. The maximum atomic E-state index is 13.7. The summed E-state index contributed by atoms with van der Waals surface area (Å²) in [6.07, 6.45) is 8.06. The Kier molecular flexibility index (Phi) is 3.87. The van der Waals surface area contributed by atoms with Crippen molar-refractivity contribution in [3.63, 3.8) is 0 Å². The van der Waals surface area contributed by atoms with Crippen molar-refractivity contribution in [1.82, 2.24) is 4.90 Å². The van der Waals surface area contributed by atoms with Crippen LogP contribution in [0.5, 0.6) is 0 Å². The summed E-state index contributed by atoms with van der Waals surface area (Å²) >= 11 is 0. The minimum Gasteiger partial charge on any atom is -0.363 e. The highest BCUT2D eigenvalue weighted by Gasteiger charge is 2.48. The lowest BCUT2D eigenvalue weighted by molar-refractivity contribution is 0.120. The summed E-state index contributed by atoms with van der Waals surface area (Å²) < 4.78 is 13.7. The van der Waals surface area contributed by atoms with Crippen LogP contribution in [0.2, 0.25) is 0 Å². The Morgan fingerprint density at radius 2 is 1.91 bits per heavy atom. The molecular weight excluding hydrogens is 287 g/mol. The normalized spacial score (nSPS) is 31.5. The first kappa shape index (κ1) is 15.4. The van der Waals surface area contributed by atoms with Gasteiger partial charge in [0.2, 0.25) is 0 Å². The largest absolute Gasteiger partial charge is 0.363 e. The lowest BCUT2D eigenvalue weighted by Gasteiger charge is -2.43. The lowest BCUT2D eigenvalue weighted by Crippen LogP contribution is -2.50. The highest BCUT2D eigenvalue weighted by molar-refractivity contribution is 5.52. The number of rotatable bonds is 2. The number of piperidine rings is 1. The first-order valence-corrected chi connectivity index (χ1v) is 9.33. The predicted molar refractivity (Wildman–Crippen MR) is 93.3 cm³/mol. The molecule has 4 rings (SSSR count). The molecule has 0 unspecified atom stereocenters. The average Bonchev–Trinajstić information content (AvgIpc) is 3.10. The Bertz CT molecular complexity index is 565. The van der Waals surface area contributed by atoms with E-state index < -0.39 is 0 Å². The van der Waals surface area contributed by atoms with Crippen LogP contribution in [0.25, 0.3) is 0 Å². The summed E-state index contributed by atoms with van der Waals surface area (Å²) in [4.78, 5) is 5.28. The van der Waals surface area contributed by atoms with Crippen LogP contribution in [-0.2, 0) is 0 Å². The minimum atomic E-state index is -0.120. The van der Waals surface area contributed by atoms with E-state index in [2.05, 4.69) is 29.7 Å². The molecule has 3 aliphatic rings. The van der Waals surface area contributed by atoms with Crippen molar-refractivity contribution >= 4 is 5.69 Å². The fourth-order valence-corrected chi connectivity index (χ4v) is 5.55. The van der Waals surface area contributed by atoms with Crippen molar-refractivity contribution in [2.45, 2.75) is 70.0 Å². The second kappa shape index (κ2) is 5.77. The molecular formula is C20H29FN2. The topological polar surface area (TPSA) is 6.48 Å². The Labute approximate surface area is 139 Å². The maximum Gasteiger partial charge on any atom is 0.125 e. The van der Waals surface area contributed by atoms with Gasteiger partial charge >= 0.3 is 0 Å². The molecule has 0 N–H and O–H groups in total. The monoisotopic (exact) mass is 316 g/mol. The van der Waals surface area contributed by atoms with Gasteiger partial charge in [-0.15, -0.1) is 0 Å². The van der Waals surface area contributed by atoms with Crippen LogP contribution in [-0.4, -0.2) is 35.6 Å². The number of hydrogen-bond donors (Lipinski definition) is 0. The number of nitrogens with zero attached hydrogens (tertiary/aromatic N) is 2. The Hall–Kier alpha value is -1.09. The zero-order chi connectivity index (χ0) is 16.0. The smallest absolute Gasteiger partial charge is 0.125 e. The number of fused-ring (bicyclic) bond motifs is 1. The van der Waals surface area contributed by atoms with Gasteiger partial charge in [-0.25, -0.2) is 4.39 Å². The number of benzene rings is 1. The van der Waals surface area contributed by atoms with Crippen LogP contribution in [0, 0.1) is 11.7 Å². The molecule has 126 valence electrons. The van der Waals surface area contributed by atoms with Crippen LogP contribution >= 0.6 is 0 Å². The van der Waals surface area contributed by atoms with E-state index in [0.717, 1.165) is 17.6 Å². The number of halogens is 1. The second-order valence-electron chi connectivity index (χ2n) is 8.42. The van der Waals surface area contributed by atoms with Crippen LogP contribution < -0.4 is 4.90 Å². The molecule has 3 fully saturated rings. The number of anilines is 1. The summed E-state index contributed by atoms with van der Waals surface area (Å²) in [6.45, 7) is 7.12. The Morgan fingerprint density at radius 1 is 1.13 bits per heavy atom. The van der Waals surface area contributed by atoms with Gasteiger partial charge in [-0.3, -0.25) is 4.90 Å². The van der Waals surface area contributed by atoms with Gasteiger partial charge in [-0.2, -0.15) is 0 Å². The van der Waals surface area contributed by atoms with E-state index in [1.165, 1.54) is 51.6 Å². The first-order chi connectivity index (χ1) is 11.0. The van der Waals surface area contributed by atoms with Gasteiger partial charge in [0.05, 0.1) is 0 Å². The van der Waals surface area contributed by atoms with Gasteiger partial charge in [-0.1, -0.05) is 18.9 Å². The average molecular weight is 316 g/mol. The van der Waals surface area contributed by atoms with E-state index in [-0.39, 0.29) is 11.4 Å². The van der Waals surface area contributed by atoms with Crippen molar-refractivity contribution in [2.24, 2.45) is 5.92 Å². The molecule has 2 atom stereocenters. The van der Waals surface area contributed by atoms with Gasteiger partial charge in [-0.05, 0) is 63.6 Å². The zero-order valence-corrected chi connectivity index (χ0v) is 14.5. The first-order valence-electron chi connectivity index (χ1n) is 9.33. The third kappa shape index (κ3) is 2.77. The molecule has 1 saturated carbocycles. The van der Waals surface area contributed by atoms with Crippen molar-refractivity contribution in [3.05, 3.63) is 30.1 Å². The molecule has 23 heavy (non-hydrogen) atoms. The molecule has 2 heterocycles. The highest BCUT2D eigenvalue weighted by atomic mass is 19.1. The highest BCUT2D eigenvalue weighted by Crippen LogP contribution is 2.45. The van der Waals surface area contributed by atoms with Crippen LogP contribution in [0.15, 0.2) is 24.3 Å². The predicted octanol–water partition coefficient (Wildman–Crippen LogP) is 4.45. The van der Waals surface area contributed by atoms with E-state index in [9.17, 15) is 4.39 Å².